The molecule has 2 heterocycles. The second kappa shape index (κ2) is 8.95. The van der Waals surface area contributed by atoms with Crippen molar-refractivity contribution in [2.45, 2.75) is 6.61 Å². The summed E-state index contributed by atoms with van der Waals surface area (Å²) in [5.41, 5.74) is 1.48. The highest BCUT2D eigenvalue weighted by Gasteiger charge is 2.27. The largest absolute Gasteiger partial charge is 0.434 e. The summed E-state index contributed by atoms with van der Waals surface area (Å²) in [6, 6.07) is 14.9. The number of hydrogen-bond acceptors (Lipinski definition) is 4. The molecule has 2 amide bonds. The van der Waals surface area contributed by atoms with E-state index in [1.54, 1.807) is 34.0 Å². The molecule has 1 saturated heterocycles. The van der Waals surface area contributed by atoms with E-state index in [0.717, 1.165) is 5.69 Å². The van der Waals surface area contributed by atoms with Crippen LogP contribution >= 0.6 is 0 Å². The second-order valence-corrected chi connectivity index (χ2v) is 6.96. The smallest absolute Gasteiger partial charge is 0.387 e. The Balaban J connectivity index is 1.38. The van der Waals surface area contributed by atoms with Gasteiger partial charge in [-0.1, -0.05) is 12.1 Å². The lowest BCUT2D eigenvalue weighted by Crippen LogP contribution is -2.50. The summed E-state index contributed by atoms with van der Waals surface area (Å²) >= 11 is 0. The van der Waals surface area contributed by atoms with Crippen molar-refractivity contribution in [2.75, 3.05) is 26.2 Å². The van der Waals surface area contributed by atoms with E-state index in [0.29, 0.717) is 31.7 Å². The average molecular weight is 426 g/mol. The van der Waals surface area contributed by atoms with Crippen LogP contribution in [0.5, 0.6) is 5.75 Å². The van der Waals surface area contributed by atoms with E-state index in [4.69, 9.17) is 0 Å². The highest BCUT2D eigenvalue weighted by atomic mass is 19.3. The number of carbonyl (C=O) groups excluding carboxylic acids is 2. The maximum absolute atomic E-state index is 12.8. The Labute approximate surface area is 177 Å². The fourth-order valence-electron chi connectivity index (χ4n) is 3.49. The van der Waals surface area contributed by atoms with Crippen LogP contribution in [-0.4, -0.2) is 64.2 Å². The number of aromatic nitrogens is 2. The van der Waals surface area contributed by atoms with Crippen molar-refractivity contribution in [1.29, 1.82) is 0 Å². The highest BCUT2D eigenvalue weighted by molar-refractivity contribution is 5.97. The molecule has 31 heavy (non-hydrogen) atoms. The van der Waals surface area contributed by atoms with Gasteiger partial charge >= 0.3 is 6.61 Å². The molecule has 0 bridgehead atoms. The predicted octanol–water partition coefficient (Wildman–Crippen LogP) is 3.07. The number of piperazine rings is 1. The fourth-order valence-corrected chi connectivity index (χ4v) is 3.49. The zero-order valence-corrected chi connectivity index (χ0v) is 16.5. The normalized spacial score (nSPS) is 14.0. The topological polar surface area (TPSA) is 67.7 Å². The van der Waals surface area contributed by atoms with E-state index in [1.165, 1.54) is 23.1 Å². The van der Waals surface area contributed by atoms with E-state index in [9.17, 15) is 18.4 Å². The fraction of sp³-hybridized carbons (Fsp3) is 0.227. The summed E-state index contributed by atoms with van der Waals surface area (Å²) in [6.07, 6.45) is 3.50. The number of hydrogen-bond donors (Lipinski definition) is 0. The first-order valence-corrected chi connectivity index (χ1v) is 9.75. The number of rotatable bonds is 5. The lowest BCUT2D eigenvalue weighted by Gasteiger charge is -2.35. The van der Waals surface area contributed by atoms with Crippen LogP contribution in [0.2, 0.25) is 0 Å². The molecule has 0 unspecified atom stereocenters. The van der Waals surface area contributed by atoms with Gasteiger partial charge in [-0.05, 0) is 42.5 Å². The van der Waals surface area contributed by atoms with Crippen LogP contribution in [0.1, 0.15) is 20.7 Å². The molecule has 1 fully saturated rings. The minimum Gasteiger partial charge on any atom is -0.434 e. The summed E-state index contributed by atoms with van der Waals surface area (Å²) in [5, 5.41) is 4.16. The zero-order valence-electron chi connectivity index (χ0n) is 16.5. The van der Waals surface area contributed by atoms with Crippen LogP contribution in [-0.2, 0) is 0 Å². The van der Waals surface area contributed by atoms with Crippen molar-refractivity contribution in [3.05, 3.63) is 78.1 Å². The summed E-state index contributed by atoms with van der Waals surface area (Å²) in [6.45, 7) is -1.70. The molecule has 0 saturated carbocycles. The van der Waals surface area contributed by atoms with Gasteiger partial charge in [0, 0.05) is 44.1 Å². The molecule has 160 valence electrons. The van der Waals surface area contributed by atoms with Gasteiger partial charge in [0.25, 0.3) is 11.8 Å². The van der Waals surface area contributed by atoms with Gasteiger partial charge in [-0.2, -0.15) is 13.9 Å². The van der Waals surface area contributed by atoms with Crippen LogP contribution < -0.4 is 4.74 Å². The summed E-state index contributed by atoms with van der Waals surface area (Å²) in [5.74, 6) is -0.675. The first kappa shape index (κ1) is 20.5. The second-order valence-electron chi connectivity index (χ2n) is 6.96. The quantitative estimate of drug-likeness (QED) is 0.629. The Morgan fingerprint density at radius 3 is 2.13 bits per heavy atom. The summed E-state index contributed by atoms with van der Waals surface area (Å²) < 4.78 is 31.4. The van der Waals surface area contributed by atoms with Crippen molar-refractivity contribution >= 4 is 11.8 Å². The molecule has 2 aromatic carbocycles. The van der Waals surface area contributed by atoms with Gasteiger partial charge in [-0.15, -0.1) is 0 Å². The monoisotopic (exact) mass is 426 g/mol. The Hall–Kier alpha value is -3.75. The van der Waals surface area contributed by atoms with Crippen molar-refractivity contribution in [1.82, 2.24) is 19.6 Å². The van der Waals surface area contributed by atoms with Crippen molar-refractivity contribution in [3.63, 3.8) is 0 Å². The van der Waals surface area contributed by atoms with E-state index >= 15 is 0 Å². The number of halogens is 2. The van der Waals surface area contributed by atoms with Gasteiger partial charge < -0.3 is 14.5 Å². The van der Waals surface area contributed by atoms with Gasteiger partial charge in [-0.3, -0.25) is 9.59 Å². The molecule has 0 aliphatic carbocycles. The number of alkyl halides is 2. The number of ether oxygens (including phenoxy) is 1. The Bertz CT molecular complexity index is 1050. The molecule has 1 aliphatic heterocycles. The van der Waals surface area contributed by atoms with Gasteiger partial charge in [-0.25, -0.2) is 4.68 Å². The third kappa shape index (κ3) is 4.55. The SMILES string of the molecule is O=C(c1ccc(-n2cccn2)cc1)N1CCN(C(=O)c2ccccc2OC(F)F)CC1. The molecule has 4 rings (SSSR count). The minimum atomic E-state index is -3.01. The van der Waals surface area contributed by atoms with Crippen LogP contribution in [0.3, 0.4) is 0 Å². The molecule has 9 heteroatoms. The highest BCUT2D eigenvalue weighted by Crippen LogP contribution is 2.23. The van der Waals surface area contributed by atoms with Crippen molar-refractivity contribution in [2.24, 2.45) is 0 Å². The molecule has 1 aromatic heterocycles. The number of carbonyl (C=O) groups is 2. The average Bonchev–Trinajstić information content (AvgIpc) is 3.33. The number of para-hydroxylation sites is 1. The van der Waals surface area contributed by atoms with Gasteiger partial charge in [0.15, 0.2) is 0 Å². The Morgan fingerprint density at radius 2 is 1.52 bits per heavy atom. The molecule has 7 nitrogen and oxygen atoms in total. The van der Waals surface area contributed by atoms with E-state index in [2.05, 4.69) is 9.84 Å². The zero-order chi connectivity index (χ0) is 21.8. The lowest BCUT2D eigenvalue weighted by atomic mass is 10.1. The van der Waals surface area contributed by atoms with Crippen LogP contribution in [0.15, 0.2) is 67.0 Å². The number of amides is 2. The molecule has 0 radical (unpaired) electrons. The molecule has 1 aliphatic rings. The molecular formula is C22H20F2N4O3. The van der Waals surface area contributed by atoms with Crippen LogP contribution in [0.4, 0.5) is 8.78 Å². The third-order valence-electron chi connectivity index (χ3n) is 5.07. The van der Waals surface area contributed by atoms with E-state index in [1.807, 2.05) is 24.4 Å². The number of nitrogens with zero attached hydrogens (tertiary/aromatic N) is 4. The first-order valence-electron chi connectivity index (χ1n) is 9.75. The maximum atomic E-state index is 12.8. The summed E-state index contributed by atoms with van der Waals surface area (Å²) in [7, 11) is 0. The maximum Gasteiger partial charge on any atom is 0.387 e. The van der Waals surface area contributed by atoms with Crippen molar-refractivity contribution in [3.8, 4) is 11.4 Å². The first-order chi connectivity index (χ1) is 15.0. The lowest BCUT2D eigenvalue weighted by molar-refractivity contribution is -0.0503. The van der Waals surface area contributed by atoms with Gasteiger partial charge in [0.1, 0.15) is 5.75 Å². The Kier molecular flexibility index (Phi) is 5.92. The third-order valence-corrected chi connectivity index (χ3v) is 5.07. The summed E-state index contributed by atoms with van der Waals surface area (Å²) in [4.78, 5) is 28.8. The van der Waals surface area contributed by atoms with Gasteiger partial charge in [0.2, 0.25) is 0 Å². The standard InChI is InChI=1S/C22H20F2N4O3/c23-22(24)31-19-5-2-1-4-18(19)21(30)27-14-12-26(13-15-27)20(29)16-6-8-17(9-7-16)28-11-3-10-25-28/h1-11,22H,12-15H2. The van der Waals surface area contributed by atoms with Crippen LogP contribution in [0, 0.1) is 0 Å². The molecule has 0 atom stereocenters. The Morgan fingerprint density at radius 1 is 0.871 bits per heavy atom. The molecule has 3 aromatic rings. The van der Waals surface area contributed by atoms with Gasteiger partial charge in [0.05, 0.1) is 11.3 Å². The molecular weight excluding hydrogens is 406 g/mol. The molecule has 0 N–H and O–H groups in total. The van der Waals surface area contributed by atoms with E-state index in [-0.39, 0.29) is 17.2 Å². The van der Waals surface area contributed by atoms with E-state index < -0.39 is 12.5 Å². The number of benzene rings is 2. The van der Waals surface area contributed by atoms with Crippen molar-refractivity contribution < 1.29 is 23.1 Å². The molecule has 0 spiro atoms. The minimum absolute atomic E-state index is 0.0804. The predicted molar refractivity (Wildman–Crippen MR) is 108 cm³/mol. The van der Waals surface area contributed by atoms with Crippen LogP contribution in [0.25, 0.3) is 5.69 Å².